The molecule has 0 spiro atoms. The highest BCUT2D eigenvalue weighted by atomic mass is 32.2. The van der Waals surface area contributed by atoms with E-state index in [9.17, 15) is 13.0 Å². The Morgan fingerprint density at radius 2 is 1.80 bits per heavy atom. The lowest BCUT2D eigenvalue weighted by atomic mass is 9.99. The molecule has 2 aromatic rings. The van der Waals surface area contributed by atoms with Gasteiger partial charge in [0, 0.05) is 0 Å². The Hall–Kier alpha value is -1.91. The maximum Gasteiger partial charge on any atom is 0.275 e. The van der Waals surface area contributed by atoms with E-state index in [-0.39, 0.29) is 0 Å². The van der Waals surface area contributed by atoms with Gasteiger partial charge >= 0.3 is 0 Å². The molecule has 1 N–H and O–H groups in total. The van der Waals surface area contributed by atoms with Gasteiger partial charge in [0.15, 0.2) is 0 Å². The Morgan fingerprint density at radius 3 is 2.50 bits per heavy atom. The Kier molecular flexibility index (Phi) is 3.00. The summed E-state index contributed by atoms with van der Waals surface area (Å²) in [6, 6.07) is 13.5. The summed E-state index contributed by atoms with van der Waals surface area (Å²) < 4.78 is 32.4. The quantitative estimate of drug-likeness (QED) is 0.593. The summed E-state index contributed by atoms with van der Waals surface area (Å²) in [5.74, 6) is 0. The third-order valence-electron chi connectivity index (χ3n) is 3.73. The second kappa shape index (κ2) is 4.58. The van der Waals surface area contributed by atoms with Crippen LogP contribution in [-0.4, -0.2) is 13.0 Å². The van der Waals surface area contributed by atoms with Gasteiger partial charge in [-0.1, -0.05) is 48.5 Å². The third kappa shape index (κ3) is 1.97. The number of rotatable bonds is 3. The molecule has 3 rings (SSSR count). The predicted molar refractivity (Wildman–Crippen MR) is 79.2 cm³/mol. The molecule has 20 heavy (non-hydrogen) atoms. The molecule has 0 radical (unpaired) electrons. The summed E-state index contributed by atoms with van der Waals surface area (Å²) >= 11 is 0. The van der Waals surface area contributed by atoms with Gasteiger partial charge in [-0.3, -0.25) is 4.55 Å². The summed E-state index contributed by atoms with van der Waals surface area (Å²) in [5.41, 5.74) is 4.90. The first-order chi connectivity index (χ1) is 9.52. The second-order valence-electron chi connectivity index (χ2n) is 4.88. The normalized spacial score (nSPS) is 14.4. The summed E-state index contributed by atoms with van der Waals surface area (Å²) in [7, 11) is -4.19. The van der Waals surface area contributed by atoms with E-state index in [1.807, 2.05) is 36.4 Å². The van der Waals surface area contributed by atoms with E-state index >= 15 is 0 Å². The van der Waals surface area contributed by atoms with Crippen LogP contribution in [0.15, 0.2) is 55.1 Å². The summed E-state index contributed by atoms with van der Waals surface area (Å²) in [6.45, 7) is 3.54. The minimum atomic E-state index is -4.19. The number of fused-ring (bicyclic) bond motifs is 3. The fourth-order valence-electron chi connectivity index (χ4n) is 2.86. The molecule has 0 saturated carbocycles. The van der Waals surface area contributed by atoms with Crippen molar-refractivity contribution in [3.8, 4) is 11.1 Å². The van der Waals surface area contributed by atoms with Crippen LogP contribution in [-0.2, 0) is 16.5 Å². The van der Waals surface area contributed by atoms with E-state index in [1.54, 1.807) is 6.07 Å². The first-order valence-electron chi connectivity index (χ1n) is 6.31. The molecule has 1 unspecified atom stereocenters. The van der Waals surface area contributed by atoms with Gasteiger partial charge in [-0.15, -0.1) is 6.58 Å². The van der Waals surface area contributed by atoms with Gasteiger partial charge in [-0.2, -0.15) is 8.42 Å². The molecule has 2 aromatic carbocycles. The topological polar surface area (TPSA) is 54.4 Å². The molecule has 3 nitrogen and oxygen atoms in total. The standard InChI is InChI=1S/C16H14O3S/c1-2-16(20(17,18)19)14-9-5-8-13-12-7-4-3-6-11(12)10-15(13)14/h2-9,16H,1,10H2,(H,17,18,19). The van der Waals surface area contributed by atoms with Crippen molar-refractivity contribution in [2.45, 2.75) is 11.7 Å². The summed E-state index contributed by atoms with van der Waals surface area (Å²) in [4.78, 5) is 0. The zero-order chi connectivity index (χ0) is 14.3. The predicted octanol–water partition coefficient (Wildman–Crippen LogP) is 3.37. The Bertz CT molecular complexity index is 791. The second-order valence-corrected chi connectivity index (χ2v) is 6.42. The van der Waals surface area contributed by atoms with E-state index in [2.05, 4.69) is 6.58 Å². The van der Waals surface area contributed by atoms with Gasteiger partial charge in [0.25, 0.3) is 10.1 Å². The molecule has 102 valence electrons. The van der Waals surface area contributed by atoms with Crippen molar-refractivity contribution < 1.29 is 13.0 Å². The highest BCUT2D eigenvalue weighted by Crippen LogP contribution is 2.41. The molecule has 4 heteroatoms. The van der Waals surface area contributed by atoms with Gasteiger partial charge in [0.05, 0.1) is 0 Å². The SMILES string of the molecule is C=CC(c1cccc2c1Cc1ccccc1-2)S(=O)(=O)O. The highest BCUT2D eigenvalue weighted by molar-refractivity contribution is 7.86. The molecule has 1 aliphatic carbocycles. The largest absolute Gasteiger partial charge is 0.285 e. The van der Waals surface area contributed by atoms with Crippen LogP contribution in [0.2, 0.25) is 0 Å². The van der Waals surface area contributed by atoms with Gasteiger partial charge in [0.2, 0.25) is 0 Å². The maximum atomic E-state index is 11.5. The lowest BCUT2D eigenvalue weighted by Gasteiger charge is -2.14. The Morgan fingerprint density at radius 1 is 1.10 bits per heavy atom. The molecule has 1 atom stereocenters. The van der Waals surface area contributed by atoms with Crippen LogP contribution in [0.3, 0.4) is 0 Å². The molecule has 0 aromatic heterocycles. The van der Waals surface area contributed by atoms with Crippen molar-refractivity contribution >= 4 is 10.1 Å². The van der Waals surface area contributed by atoms with Gasteiger partial charge in [0.1, 0.15) is 5.25 Å². The molecule has 0 amide bonds. The Balaban J connectivity index is 2.21. The van der Waals surface area contributed by atoms with Crippen molar-refractivity contribution in [2.75, 3.05) is 0 Å². The van der Waals surface area contributed by atoms with Crippen LogP contribution in [0, 0.1) is 0 Å². The monoisotopic (exact) mass is 286 g/mol. The van der Waals surface area contributed by atoms with E-state index in [0.717, 1.165) is 16.7 Å². The number of hydrogen-bond donors (Lipinski definition) is 1. The molecule has 0 bridgehead atoms. The van der Waals surface area contributed by atoms with Crippen LogP contribution < -0.4 is 0 Å². The molecule has 1 aliphatic rings. The smallest absolute Gasteiger partial charge is 0.275 e. The zero-order valence-electron chi connectivity index (χ0n) is 10.8. The number of hydrogen-bond acceptors (Lipinski definition) is 2. The molecule has 0 aliphatic heterocycles. The fraction of sp³-hybridized carbons (Fsp3) is 0.125. The minimum absolute atomic E-state index is 0.608. The lowest BCUT2D eigenvalue weighted by molar-refractivity contribution is 0.476. The van der Waals surface area contributed by atoms with Crippen LogP contribution in [0.1, 0.15) is 21.9 Å². The average molecular weight is 286 g/mol. The van der Waals surface area contributed by atoms with Crippen molar-refractivity contribution in [1.29, 1.82) is 0 Å². The van der Waals surface area contributed by atoms with E-state index in [4.69, 9.17) is 0 Å². The van der Waals surface area contributed by atoms with Crippen LogP contribution >= 0.6 is 0 Å². The minimum Gasteiger partial charge on any atom is -0.285 e. The van der Waals surface area contributed by atoms with Gasteiger partial charge < -0.3 is 0 Å². The maximum absolute atomic E-state index is 11.5. The van der Waals surface area contributed by atoms with Crippen molar-refractivity contribution in [3.63, 3.8) is 0 Å². The van der Waals surface area contributed by atoms with Gasteiger partial charge in [-0.05, 0) is 34.2 Å². The van der Waals surface area contributed by atoms with Crippen molar-refractivity contribution in [3.05, 3.63) is 71.8 Å². The first-order valence-corrected chi connectivity index (χ1v) is 7.81. The molecular weight excluding hydrogens is 272 g/mol. The van der Waals surface area contributed by atoms with Crippen LogP contribution in [0.5, 0.6) is 0 Å². The van der Waals surface area contributed by atoms with Gasteiger partial charge in [-0.25, -0.2) is 0 Å². The van der Waals surface area contributed by atoms with E-state index < -0.39 is 15.4 Å². The molecular formula is C16H14O3S. The molecule has 0 heterocycles. The lowest BCUT2D eigenvalue weighted by Crippen LogP contribution is -2.11. The fourth-order valence-corrected chi connectivity index (χ4v) is 3.64. The number of benzene rings is 2. The molecule has 0 fully saturated rings. The highest BCUT2D eigenvalue weighted by Gasteiger charge is 2.28. The summed E-state index contributed by atoms with van der Waals surface area (Å²) in [6.07, 6.45) is 1.95. The Labute approximate surface area is 118 Å². The van der Waals surface area contributed by atoms with E-state index in [1.165, 1.54) is 11.6 Å². The van der Waals surface area contributed by atoms with E-state index in [0.29, 0.717) is 12.0 Å². The van der Waals surface area contributed by atoms with Crippen molar-refractivity contribution in [2.24, 2.45) is 0 Å². The van der Waals surface area contributed by atoms with Crippen LogP contribution in [0.4, 0.5) is 0 Å². The average Bonchev–Trinajstić information content (AvgIpc) is 2.77. The van der Waals surface area contributed by atoms with Crippen molar-refractivity contribution in [1.82, 2.24) is 0 Å². The first kappa shape index (κ1) is 13.1. The third-order valence-corrected chi connectivity index (χ3v) is 4.82. The molecule has 0 saturated heterocycles. The van der Waals surface area contributed by atoms with Crippen LogP contribution in [0.25, 0.3) is 11.1 Å². The zero-order valence-corrected chi connectivity index (χ0v) is 11.6. The summed E-state index contributed by atoms with van der Waals surface area (Å²) in [5, 5.41) is -1.08.